The van der Waals surface area contributed by atoms with Crippen molar-refractivity contribution in [3.63, 3.8) is 0 Å². The van der Waals surface area contributed by atoms with Crippen LogP contribution in [0.2, 0.25) is 0 Å². The summed E-state index contributed by atoms with van der Waals surface area (Å²) in [5.74, 6) is -15.9. The van der Waals surface area contributed by atoms with E-state index in [1.807, 2.05) is 36.4 Å². The minimum absolute atomic E-state index is 0.163. The van der Waals surface area contributed by atoms with E-state index in [1.165, 1.54) is 68.9 Å². The molecule has 0 amide bonds. The molecule has 4 aromatic rings. The van der Waals surface area contributed by atoms with Crippen LogP contribution in [0.25, 0.3) is 29.3 Å². The molecular weight excluding hydrogens is 755 g/mol. The van der Waals surface area contributed by atoms with Crippen LogP contribution in [0.3, 0.4) is 0 Å². The summed E-state index contributed by atoms with van der Waals surface area (Å²) in [6, 6.07) is 18.6. The van der Waals surface area contributed by atoms with Gasteiger partial charge in [-0.3, -0.25) is 0 Å². The molecule has 0 spiro atoms. The van der Waals surface area contributed by atoms with Crippen LogP contribution in [0.4, 0.5) is 26.3 Å². The number of thioether (sulfide) groups is 2. The first-order chi connectivity index (χ1) is 23.0. The summed E-state index contributed by atoms with van der Waals surface area (Å²) in [5, 5.41) is 18.6. The van der Waals surface area contributed by atoms with Crippen LogP contribution in [-0.2, 0) is 0 Å². The highest BCUT2D eigenvalue weighted by Crippen LogP contribution is 2.77. The summed E-state index contributed by atoms with van der Waals surface area (Å²) in [4.78, 5) is 6.97. The minimum atomic E-state index is -5.64. The fraction of sp³-hybridized carbons (Fsp3) is 0.257. The number of nitrogens with zero attached hydrogens (tertiary/aromatic N) is 2. The number of rotatable bonds is 4. The number of nitriles is 2. The molecular formula is C35H20F6N2S6. The molecule has 248 valence electrons. The van der Waals surface area contributed by atoms with Crippen LogP contribution < -0.4 is 0 Å². The topological polar surface area (TPSA) is 47.6 Å². The third-order valence-corrected chi connectivity index (χ3v) is 18.1. The van der Waals surface area contributed by atoms with E-state index in [0.29, 0.717) is 29.3 Å². The Morgan fingerprint density at radius 1 is 0.490 bits per heavy atom. The highest BCUT2D eigenvalue weighted by atomic mass is 32.2. The van der Waals surface area contributed by atoms with E-state index in [4.69, 9.17) is 0 Å². The van der Waals surface area contributed by atoms with E-state index in [0.717, 1.165) is 19.5 Å². The fourth-order valence-electron chi connectivity index (χ4n) is 7.23. The Bertz CT molecular complexity index is 2200. The number of allylic oxidation sites excluding steroid dienone is 4. The van der Waals surface area contributed by atoms with E-state index in [2.05, 4.69) is 12.1 Å². The molecule has 0 bridgehead atoms. The van der Waals surface area contributed by atoms with Gasteiger partial charge < -0.3 is 0 Å². The number of hydrogen-bond donors (Lipinski definition) is 0. The van der Waals surface area contributed by atoms with Gasteiger partial charge in [-0.05, 0) is 98.5 Å². The summed E-state index contributed by atoms with van der Waals surface area (Å²) in [5.41, 5.74) is -2.29. The second kappa shape index (κ2) is 10.5. The van der Waals surface area contributed by atoms with Gasteiger partial charge in [-0.2, -0.15) is 36.9 Å². The number of halogens is 6. The van der Waals surface area contributed by atoms with Crippen LogP contribution in [0.1, 0.15) is 47.2 Å². The van der Waals surface area contributed by atoms with E-state index >= 15 is 26.3 Å². The molecule has 0 saturated heterocycles. The molecule has 49 heavy (non-hydrogen) atoms. The molecule has 8 rings (SSSR count). The molecule has 0 N–H and O–H groups in total. The summed E-state index contributed by atoms with van der Waals surface area (Å²) >= 11 is 7.89. The van der Waals surface area contributed by atoms with Crippen molar-refractivity contribution in [3.8, 4) is 31.6 Å². The summed E-state index contributed by atoms with van der Waals surface area (Å²) < 4.78 is 92.5. The molecule has 1 saturated carbocycles. The first kappa shape index (κ1) is 33.2. The normalized spacial score (nSPS) is 26.3. The lowest BCUT2D eigenvalue weighted by Gasteiger charge is -2.48. The second-order valence-corrected chi connectivity index (χ2v) is 19.5. The van der Waals surface area contributed by atoms with Gasteiger partial charge in [0, 0.05) is 50.2 Å². The predicted octanol–water partition coefficient (Wildman–Crippen LogP) is 12.7. The third-order valence-electron chi connectivity index (χ3n) is 9.65. The maximum Gasteiger partial charge on any atom is 0.380 e. The van der Waals surface area contributed by atoms with Gasteiger partial charge >= 0.3 is 17.8 Å². The van der Waals surface area contributed by atoms with E-state index in [9.17, 15) is 10.5 Å². The van der Waals surface area contributed by atoms with E-state index in [1.54, 1.807) is 39.8 Å². The molecule has 2 atom stereocenters. The fourth-order valence-corrected chi connectivity index (χ4v) is 14.8. The van der Waals surface area contributed by atoms with Crippen molar-refractivity contribution in [1.29, 1.82) is 10.5 Å². The average Bonchev–Trinajstić information content (AvgIpc) is 3.90. The van der Waals surface area contributed by atoms with Gasteiger partial charge in [0.25, 0.3) is 0 Å². The molecule has 2 aliphatic carbocycles. The Balaban J connectivity index is 1.33. The van der Waals surface area contributed by atoms with Crippen LogP contribution in [0.5, 0.6) is 0 Å². The zero-order chi connectivity index (χ0) is 35.1. The zero-order valence-electron chi connectivity index (χ0n) is 25.7. The van der Waals surface area contributed by atoms with Crippen LogP contribution in [-0.4, -0.2) is 27.3 Å². The number of hydrogen-bond acceptors (Lipinski definition) is 8. The van der Waals surface area contributed by atoms with Crippen molar-refractivity contribution in [1.82, 2.24) is 0 Å². The lowest BCUT2D eigenvalue weighted by atomic mass is 9.68. The molecule has 4 aromatic heterocycles. The van der Waals surface area contributed by atoms with Gasteiger partial charge in [-0.25, -0.2) is 0 Å². The van der Waals surface area contributed by atoms with Gasteiger partial charge in [0.15, 0.2) is 0 Å². The largest absolute Gasteiger partial charge is 0.380 e. The standard InChI is InChI=1S/C35H20F6N2S6/c1-15-25-27-28(34(38,39)35(40,41)33(27,36)37)26-16(2)30(24-12-10-22(47-24)20-8-6-18(14-43)45-20)49-32(26,4)31(25,3)48-29(15)23-11-9-21(46-23)19-7-5-17(13-42)44-19/h5-12H,1-4H3. The van der Waals surface area contributed by atoms with Crippen molar-refractivity contribution in [2.24, 2.45) is 0 Å². The van der Waals surface area contributed by atoms with Gasteiger partial charge in [-0.15, -0.1) is 68.9 Å². The Kier molecular flexibility index (Phi) is 7.13. The molecule has 0 aromatic carbocycles. The number of alkyl halides is 6. The molecule has 4 aliphatic rings. The third kappa shape index (κ3) is 4.13. The Morgan fingerprint density at radius 3 is 1.16 bits per heavy atom. The monoisotopic (exact) mass is 774 g/mol. The van der Waals surface area contributed by atoms with Gasteiger partial charge in [0.1, 0.15) is 21.9 Å². The molecule has 6 heterocycles. The molecule has 2 aliphatic heterocycles. The molecule has 14 heteroatoms. The quantitative estimate of drug-likeness (QED) is 0.194. The molecule has 0 radical (unpaired) electrons. The van der Waals surface area contributed by atoms with Crippen molar-refractivity contribution in [3.05, 3.63) is 101 Å². The van der Waals surface area contributed by atoms with Crippen molar-refractivity contribution < 1.29 is 26.3 Å². The molecule has 2 nitrogen and oxygen atoms in total. The molecule has 1 fully saturated rings. The minimum Gasteiger partial charge on any atom is -0.194 e. The van der Waals surface area contributed by atoms with E-state index < -0.39 is 38.4 Å². The maximum absolute atomic E-state index is 16.1. The van der Waals surface area contributed by atoms with Crippen molar-refractivity contribution >= 4 is 78.7 Å². The number of fused-ring (bicyclic) bond motifs is 4. The van der Waals surface area contributed by atoms with Crippen LogP contribution in [0, 0.1) is 22.7 Å². The lowest BCUT2D eigenvalue weighted by molar-refractivity contribution is -0.258. The Hall–Kier alpha value is -2.98. The second-order valence-electron chi connectivity index (χ2n) is 12.3. The lowest BCUT2D eigenvalue weighted by Crippen LogP contribution is -2.49. The van der Waals surface area contributed by atoms with Crippen LogP contribution >= 0.6 is 68.9 Å². The Morgan fingerprint density at radius 2 is 0.816 bits per heavy atom. The van der Waals surface area contributed by atoms with Gasteiger partial charge in [0.05, 0.1) is 9.49 Å². The van der Waals surface area contributed by atoms with Crippen LogP contribution in [0.15, 0.2) is 82.0 Å². The molecule has 2 unspecified atom stereocenters. The highest BCUT2D eigenvalue weighted by molar-refractivity contribution is 8.14. The zero-order valence-corrected chi connectivity index (χ0v) is 30.6. The van der Waals surface area contributed by atoms with E-state index in [-0.39, 0.29) is 22.3 Å². The van der Waals surface area contributed by atoms with Crippen molar-refractivity contribution in [2.75, 3.05) is 0 Å². The summed E-state index contributed by atoms with van der Waals surface area (Å²) in [7, 11) is 0. The van der Waals surface area contributed by atoms with Gasteiger partial charge in [-0.1, -0.05) is 0 Å². The average molecular weight is 775 g/mol. The summed E-state index contributed by atoms with van der Waals surface area (Å²) in [6.07, 6.45) is 0. The maximum atomic E-state index is 16.1. The summed E-state index contributed by atoms with van der Waals surface area (Å²) in [6.45, 7) is 6.55. The van der Waals surface area contributed by atoms with Gasteiger partial charge in [0.2, 0.25) is 0 Å². The first-order valence-corrected chi connectivity index (χ1v) is 19.6. The Labute approximate surface area is 301 Å². The predicted molar refractivity (Wildman–Crippen MR) is 191 cm³/mol. The SMILES string of the molecule is CC1=C(c2ccc(-c3ccc(C#N)s3)s2)SC2(C)C1=C1C(=C3C(C)=C(c4ccc(-c5ccc(C#N)s5)s4)SC32C)C(F)(F)C(F)(F)C1(F)F. The van der Waals surface area contributed by atoms with Crippen molar-refractivity contribution in [2.45, 2.75) is 55.0 Å². The number of thiophene rings is 4. The highest BCUT2D eigenvalue weighted by Gasteiger charge is 2.84. The first-order valence-electron chi connectivity index (χ1n) is 14.7. The smallest absolute Gasteiger partial charge is 0.194 e.